The fourth-order valence-electron chi connectivity index (χ4n) is 1.48. The number of thioether (sulfide) groups is 1. The number of ether oxygens (including phenoxy) is 2. The van der Waals surface area contributed by atoms with E-state index in [2.05, 4.69) is 20.0 Å². The summed E-state index contributed by atoms with van der Waals surface area (Å²) in [4.78, 5) is 40.8. The Morgan fingerprint density at radius 1 is 1.38 bits per heavy atom. The number of aryl methyl sites for hydroxylation is 1. The van der Waals surface area contributed by atoms with Gasteiger partial charge in [-0.15, -0.1) is 0 Å². The zero-order chi connectivity index (χ0) is 15.8. The largest absolute Gasteiger partial charge is 0.465 e. The highest BCUT2D eigenvalue weighted by molar-refractivity contribution is 8.00. The van der Waals surface area contributed by atoms with E-state index in [0.29, 0.717) is 18.8 Å². The van der Waals surface area contributed by atoms with Crippen LogP contribution in [0, 0.1) is 6.92 Å². The van der Waals surface area contributed by atoms with Crippen molar-refractivity contribution in [2.24, 2.45) is 0 Å². The van der Waals surface area contributed by atoms with Crippen LogP contribution in [0.1, 0.15) is 16.1 Å². The number of aromatic nitrogens is 2. The van der Waals surface area contributed by atoms with Crippen LogP contribution in [0.5, 0.6) is 0 Å². The van der Waals surface area contributed by atoms with E-state index >= 15 is 0 Å². The van der Waals surface area contributed by atoms with Crippen molar-refractivity contribution in [1.29, 1.82) is 0 Å². The molecule has 1 aromatic rings. The van der Waals surface area contributed by atoms with Crippen molar-refractivity contribution in [3.05, 3.63) is 21.7 Å². The summed E-state index contributed by atoms with van der Waals surface area (Å²) >= 11 is 1.00. The molecule has 0 atom stereocenters. The summed E-state index contributed by atoms with van der Waals surface area (Å²) in [5.74, 6) is -0.824. The molecule has 0 saturated carbocycles. The molecular weight excluding hydrogens is 298 g/mol. The van der Waals surface area contributed by atoms with Gasteiger partial charge in [0.1, 0.15) is 10.6 Å². The van der Waals surface area contributed by atoms with Gasteiger partial charge in [0, 0.05) is 19.3 Å². The lowest BCUT2D eigenvalue weighted by Gasteiger charge is -2.09. The fraction of sp³-hybridized carbons (Fsp3) is 0.500. The Kier molecular flexibility index (Phi) is 6.89. The topological polar surface area (TPSA) is 110 Å². The maximum atomic E-state index is 11.7. The predicted octanol–water partition coefficient (Wildman–Crippen LogP) is -0.280. The third-order valence-corrected chi connectivity index (χ3v) is 3.42. The quantitative estimate of drug-likeness (QED) is 0.308. The molecule has 21 heavy (non-hydrogen) atoms. The number of H-pyrrole nitrogens is 1. The number of rotatable bonds is 7. The van der Waals surface area contributed by atoms with E-state index in [0.717, 1.165) is 11.8 Å². The molecule has 0 aromatic carbocycles. The van der Waals surface area contributed by atoms with Crippen molar-refractivity contribution in [1.82, 2.24) is 15.3 Å². The first-order chi connectivity index (χ1) is 9.99. The Bertz CT molecular complexity index is 573. The molecule has 8 nitrogen and oxygen atoms in total. The van der Waals surface area contributed by atoms with Crippen LogP contribution in [-0.4, -0.2) is 55.0 Å². The number of amides is 1. The fourth-order valence-corrected chi connectivity index (χ4v) is 2.38. The highest BCUT2D eigenvalue weighted by Gasteiger charge is 2.19. The van der Waals surface area contributed by atoms with E-state index in [1.165, 1.54) is 14.2 Å². The molecule has 2 N–H and O–H groups in total. The number of hydrogen-bond acceptors (Lipinski definition) is 7. The average molecular weight is 315 g/mol. The summed E-state index contributed by atoms with van der Waals surface area (Å²) in [5.41, 5.74) is -0.0709. The van der Waals surface area contributed by atoms with Crippen LogP contribution < -0.4 is 11.0 Å². The summed E-state index contributed by atoms with van der Waals surface area (Å²) in [7, 11) is 2.77. The number of esters is 1. The van der Waals surface area contributed by atoms with Gasteiger partial charge in [0.05, 0.1) is 19.5 Å². The van der Waals surface area contributed by atoms with Crippen molar-refractivity contribution in [2.75, 3.05) is 33.1 Å². The second-order valence-electron chi connectivity index (χ2n) is 3.97. The van der Waals surface area contributed by atoms with Gasteiger partial charge in [-0.3, -0.25) is 4.79 Å². The first-order valence-corrected chi connectivity index (χ1v) is 7.05. The number of hydrogen-bond donors (Lipinski definition) is 2. The Morgan fingerprint density at radius 2 is 2.10 bits per heavy atom. The van der Waals surface area contributed by atoms with E-state index in [1.807, 2.05) is 0 Å². The highest BCUT2D eigenvalue weighted by Crippen LogP contribution is 2.21. The number of carbonyl (C=O) groups is 2. The molecule has 116 valence electrons. The molecule has 0 unspecified atom stereocenters. The van der Waals surface area contributed by atoms with Gasteiger partial charge >= 0.3 is 11.7 Å². The van der Waals surface area contributed by atoms with Gasteiger partial charge in [-0.2, -0.15) is 4.98 Å². The molecule has 0 fully saturated rings. The summed E-state index contributed by atoms with van der Waals surface area (Å²) in [6.07, 6.45) is 0. The molecule has 0 aliphatic carbocycles. The van der Waals surface area contributed by atoms with Crippen molar-refractivity contribution in [3.63, 3.8) is 0 Å². The normalized spacial score (nSPS) is 10.2. The third kappa shape index (κ3) is 5.20. The van der Waals surface area contributed by atoms with E-state index in [1.54, 1.807) is 6.92 Å². The molecule has 0 aliphatic heterocycles. The predicted molar refractivity (Wildman–Crippen MR) is 76.5 cm³/mol. The zero-order valence-corrected chi connectivity index (χ0v) is 12.8. The lowest BCUT2D eigenvalue weighted by molar-refractivity contribution is -0.118. The van der Waals surface area contributed by atoms with E-state index in [9.17, 15) is 14.4 Å². The standard InChI is InChI=1S/C12H17N3O5S/c1-7-9(11(17)20-3)10(15-12(18)14-7)21-6-8(16)13-4-5-19-2/h4-6H2,1-3H3,(H,13,16)(H,14,15,18). The van der Waals surface area contributed by atoms with E-state index in [4.69, 9.17) is 4.74 Å². The number of nitrogens with one attached hydrogen (secondary N) is 2. The summed E-state index contributed by atoms with van der Waals surface area (Å²) in [6, 6.07) is 0. The maximum Gasteiger partial charge on any atom is 0.346 e. The van der Waals surface area contributed by atoms with Gasteiger partial charge in [-0.05, 0) is 6.92 Å². The molecule has 0 spiro atoms. The molecule has 1 amide bonds. The second kappa shape index (κ2) is 8.42. The average Bonchev–Trinajstić information content (AvgIpc) is 2.44. The van der Waals surface area contributed by atoms with Gasteiger partial charge in [-0.1, -0.05) is 11.8 Å². The van der Waals surface area contributed by atoms with Gasteiger partial charge in [-0.25, -0.2) is 9.59 Å². The Balaban J connectivity index is 2.80. The SMILES string of the molecule is COCCNC(=O)CSc1nc(=O)[nH]c(C)c1C(=O)OC. The van der Waals surface area contributed by atoms with Crippen molar-refractivity contribution < 1.29 is 19.1 Å². The van der Waals surface area contributed by atoms with Crippen LogP contribution >= 0.6 is 11.8 Å². The van der Waals surface area contributed by atoms with E-state index < -0.39 is 11.7 Å². The minimum atomic E-state index is -0.612. The smallest absolute Gasteiger partial charge is 0.346 e. The van der Waals surface area contributed by atoms with Crippen LogP contribution in [0.3, 0.4) is 0 Å². The molecule has 0 radical (unpaired) electrons. The number of nitrogens with zero attached hydrogens (tertiary/aromatic N) is 1. The molecule has 0 bridgehead atoms. The molecule has 0 saturated heterocycles. The molecule has 1 aromatic heterocycles. The van der Waals surface area contributed by atoms with Gasteiger partial charge in [0.2, 0.25) is 5.91 Å². The minimum absolute atomic E-state index is 0.0314. The first kappa shape index (κ1) is 17.2. The van der Waals surface area contributed by atoms with Gasteiger partial charge in [0.15, 0.2) is 0 Å². The number of carbonyl (C=O) groups excluding carboxylic acids is 2. The van der Waals surface area contributed by atoms with Gasteiger partial charge in [0.25, 0.3) is 0 Å². The summed E-state index contributed by atoms with van der Waals surface area (Å²) in [5, 5.41) is 2.80. The van der Waals surface area contributed by atoms with Crippen LogP contribution in [-0.2, 0) is 14.3 Å². The molecule has 0 aliphatic rings. The monoisotopic (exact) mass is 315 g/mol. The first-order valence-electron chi connectivity index (χ1n) is 6.07. The molecule has 1 rings (SSSR count). The molecular formula is C12H17N3O5S. The van der Waals surface area contributed by atoms with Crippen molar-refractivity contribution in [2.45, 2.75) is 11.9 Å². The highest BCUT2D eigenvalue weighted by atomic mass is 32.2. The Morgan fingerprint density at radius 3 is 2.71 bits per heavy atom. The van der Waals surface area contributed by atoms with Crippen LogP contribution in [0.2, 0.25) is 0 Å². The Hall–Kier alpha value is -1.87. The lowest BCUT2D eigenvalue weighted by Crippen LogP contribution is -2.28. The minimum Gasteiger partial charge on any atom is -0.465 e. The maximum absolute atomic E-state index is 11.7. The number of methoxy groups -OCH3 is 2. The van der Waals surface area contributed by atoms with Crippen LogP contribution in [0.25, 0.3) is 0 Å². The zero-order valence-electron chi connectivity index (χ0n) is 12.0. The molecule has 1 heterocycles. The second-order valence-corrected chi connectivity index (χ2v) is 4.93. The lowest BCUT2D eigenvalue weighted by atomic mass is 10.2. The third-order valence-electron chi connectivity index (χ3n) is 2.44. The summed E-state index contributed by atoms with van der Waals surface area (Å²) < 4.78 is 9.46. The van der Waals surface area contributed by atoms with E-state index in [-0.39, 0.29) is 22.2 Å². The number of aromatic amines is 1. The van der Waals surface area contributed by atoms with Crippen LogP contribution in [0.4, 0.5) is 0 Å². The van der Waals surface area contributed by atoms with Crippen molar-refractivity contribution >= 4 is 23.6 Å². The van der Waals surface area contributed by atoms with Gasteiger partial charge < -0.3 is 19.8 Å². The Labute approximate surface area is 125 Å². The van der Waals surface area contributed by atoms with Crippen molar-refractivity contribution in [3.8, 4) is 0 Å². The van der Waals surface area contributed by atoms with Crippen LogP contribution in [0.15, 0.2) is 9.82 Å². The molecule has 9 heteroatoms. The summed E-state index contributed by atoms with van der Waals surface area (Å²) in [6.45, 7) is 2.37.